The van der Waals surface area contributed by atoms with Crippen molar-refractivity contribution in [1.82, 2.24) is 10.2 Å². The Morgan fingerprint density at radius 2 is 1.75 bits per heavy atom. The molecule has 1 heterocycles. The zero-order valence-corrected chi connectivity index (χ0v) is 13.7. The van der Waals surface area contributed by atoms with Crippen LogP contribution in [-0.4, -0.2) is 49.6 Å². The van der Waals surface area contributed by atoms with Crippen molar-refractivity contribution in [2.75, 3.05) is 33.2 Å². The second-order valence-electron chi connectivity index (χ2n) is 4.49. The topological polar surface area (TPSA) is 66.6 Å². The number of rotatable bonds is 8. The molecular formula is C14H15F3N2O4S. The van der Waals surface area contributed by atoms with Gasteiger partial charge < -0.3 is 18.6 Å². The van der Waals surface area contributed by atoms with Crippen LogP contribution >= 0.6 is 11.8 Å². The number of hydrogen-bond donors (Lipinski definition) is 0. The van der Waals surface area contributed by atoms with E-state index in [0.717, 1.165) is 11.8 Å². The lowest BCUT2D eigenvalue weighted by Crippen LogP contribution is -2.17. The van der Waals surface area contributed by atoms with Gasteiger partial charge in [-0.3, -0.25) is 0 Å². The minimum atomic E-state index is -4.33. The predicted octanol–water partition coefficient (Wildman–Crippen LogP) is 3.42. The number of benzene rings is 1. The lowest BCUT2D eigenvalue weighted by molar-refractivity contribution is -0.172. The van der Waals surface area contributed by atoms with Crippen molar-refractivity contribution in [3.05, 3.63) is 18.2 Å². The first-order valence-electron chi connectivity index (χ1n) is 6.75. The Hall–Kier alpha value is -1.94. The quantitative estimate of drug-likeness (QED) is 0.525. The molecule has 24 heavy (non-hydrogen) atoms. The highest BCUT2D eigenvalue weighted by molar-refractivity contribution is 7.99. The van der Waals surface area contributed by atoms with E-state index in [1.165, 1.54) is 14.2 Å². The number of alkyl halides is 3. The van der Waals surface area contributed by atoms with E-state index in [0.29, 0.717) is 17.1 Å². The normalized spacial score (nSPS) is 11.5. The van der Waals surface area contributed by atoms with Gasteiger partial charge in [-0.05, 0) is 12.1 Å². The Morgan fingerprint density at radius 3 is 2.33 bits per heavy atom. The molecule has 0 amide bonds. The monoisotopic (exact) mass is 364 g/mol. The molecular weight excluding hydrogens is 349 g/mol. The summed E-state index contributed by atoms with van der Waals surface area (Å²) in [7, 11) is 3.04. The molecule has 0 N–H and O–H groups in total. The van der Waals surface area contributed by atoms with Crippen molar-refractivity contribution in [1.29, 1.82) is 0 Å². The lowest BCUT2D eigenvalue weighted by Gasteiger charge is -2.06. The maximum Gasteiger partial charge on any atom is 0.411 e. The minimum absolute atomic E-state index is 0.0745. The summed E-state index contributed by atoms with van der Waals surface area (Å²) < 4.78 is 56.1. The summed E-state index contributed by atoms with van der Waals surface area (Å²) in [5.41, 5.74) is 0.610. The van der Waals surface area contributed by atoms with Crippen LogP contribution in [0.1, 0.15) is 0 Å². The van der Waals surface area contributed by atoms with Gasteiger partial charge in [0.1, 0.15) is 18.1 Å². The lowest BCUT2D eigenvalue weighted by atomic mass is 10.2. The van der Waals surface area contributed by atoms with Crippen LogP contribution in [0.4, 0.5) is 13.2 Å². The van der Waals surface area contributed by atoms with Gasteiger partial charge in [0.2, 0.25) is 5.89 Å². The number of aromatic nitrogens is 2. The van der Waals surface area contributed by atoms with Gasteiger partial charge in [0.05, 0.1) is 20.8 Å². The van der Waals surface area contributed by atoms with E-state index in [4.69, 9.17) is 13.9 Å². The molecule has 0 radical (unpaired) electrons. The fourth-order valence-electron chi connectivity index (χ4n) is 1.69. The van der Waals surface area contributed by atoms with Crippen molar-refractivity contribution in [2.24, 2.45) is 0 Å². The van der Waals surface area contributed by atoms with Crippen LogP contribution in [-0.2, 0) is 4.74 Å². The molecule has 0 saturated heterocycles. The van der Waals surface area contributed by atoms with Gasteiger partial charge in [0.15, 0.2) is 0 Å². The highest BCUT2D eigenvalue weighted by atomic mass is 32.2. The minimum Gasteiger partial charge on any atom is -0.497 e. The number of methoxy groups -OCH3 is 2. The van der Waals surface area contributed by atoms with Crippen molar-refractivity contribution >= 4 is 11.8 Å². The van der Waals surface area contributed by atoms with Gasteiger partial charge >= 0.3 is 6.18 Å². The van der Waals surface area contributed by atoms with Crippen molar-refractivity contribution in [3.8, 4) is 23.0 Å². The van der Waals surface area contributed by atoms with Crippen LogP contribution < -0.4 is 9.47 Å². The summed E-state index contributed by atoms with van der Waals surface area (Å²) in [6.07, 6.45) is -4.33. The van der Waals surface area contributed by atoms with Crippen LogP contribution in [0.15, 0.2) is 27.8 Å². The molecule has 0 aliphatic rings. The second-order valence-corrected chi connectivity index (χ2v) is 5.54. The van der Waals surface area contributed by atoms with Gasteiger partial charge in [-0.15, -0.1) is 10.2 Å². The average Bonchev–Trinajstić information content (AvgIpc) is 3.02. The Balaban J connectivity index is 1.93. The van der Waals surface area contributed by atoms with Gasteiger partial charge in [-0.1, -0.05) is 11.8 Å². The molecule has 0 aliphatic heterocycles. The smallest absolute Gasteiger partial charge is 0.411 e. The standard InChI is InChI=1S/C14H15F3N2O4S/c1-20-10-5-9(6-11(7-10)21-2)12-18-19-13(23-12)24-4-3-22-8-14(15,16)17/h5-7H,3-4,8H2,1-2H3. The van der Waals surface area contributed by atoms with E-state index in [9.17, 15) is 13.2 Å². The molecule has 2 aromatic rings. The fraction of sp³-hybridized carbons (Fsp3) is 0.429. The van der Waals surface area contributed by atoms with Gasteiger partial charge in [-0.25, -0.2) is 0 Å². The molecule has 0 fully saturated rings. The van der Waals surface area contributed by atoms with Crippen LogP contribution in [0.2, 0.25) is 0 Å². The van der Waals surface area contributed by atoms with Crippen molar-refractivity contribution < 1.29 is 31.8 Å². The number of nitrogens with zero attached hydrogens (tertiary/aromatic N) is 2. The summed E-state index contributed by atoms with van der Waals surface area (Å²) in [6, 6.07) is 5.11. The van der Waals surface area contributed by atoms with Crippen LogP contribution in [0, 0.1) is 0 Å². The third-order valence-electron chi connectivity index (χ3n) is 2.72. The maximum atomic E-state index is 11.9. The van der Waals surface area contributed by atoms with E-state index in [1.807, 2.05) is 0 Å². The Bertz CT molecular complexity index is 641. The SMILES string of the molecule is COc1cc(OC)cc(-c2nnc(SCCOCC(F)(F)F)o2)c1. The zero-order valence-electron chi connectivity index (χ0n) is 12.9. The third-order valence-corrected chi connectivity index (χ3v) is 3.51. The maximum absolute atomic E-state index is 11.9. The molecule has 6 nitrogen and oxygen atoms in total. The molecule has 2 rings (SSSR count). The third kappa shape index (κ3) is 5.60. The molecule has 1 aromatic heterocycles. The zero-order chi connectivity index (χ0) is 17.6. The molecule has 0 unspecified atom stereocenters. The highest BCUT2D eigenvalue weighted by Gasteiger charge is 2.27. The van der Waals surface area contributed by atoms with Gasteiger partial charge in [0, 0.05) is 17.4 Å². The molecule has 0 spiro atoms. The first-order chi connectivity index (χ1) is 11.4. The molecule has 0 saturated carbocycles. The van der Waals surface area contributed by atoms with Gasteiger partial charge in [0.25, 0.3) is 5.22 Å². The van der Waals surface area contributed by atoms with Crippen molar-refractivity contribution in [3.63, 3.8) is 0 Å². The number of thioether (sulfide) groups is 1. The largest absolute Gasteiger partial charge is 0.497 e. The van der Waals surface area contributed by atoms with Crippen LogP contribution in [0.25, 0.3) is 11.5 Å². The molecule has 132 valence electrons. The Kier molecular flexibility index (Phi) is 6.32. The summed E-state index contributed by atoms with van der Waals surface area (Å²) >= 11 is 1.11. The summed E-state index contributed by atoms with van der Waals surface area (Å²) in [4.78, 5) is 0. The number of halogens is 3. The summed E-state index contributed by atoms with van der Waals surface area (Å²) in [6.45, 7) is -1.35. The molecule has 0 bridgehead atoms. The first kappa shape index (κ1) is 18.4. The molecule has 0 aliphatic carbocycles. The van der Waals surface area contributed by atoms with Gasteiger partial charge in [-0.2, -0.15) is 13.2 Å². The number of hydrogen-bond acceptors (Lipinski definition) is 7. The van der Waals surface area contributed by atoms with E-state index in [1.54, 1.807) is 18.2 Å². The van der Waals surface area contributed by atoms with Crippen LogP contribution in [0.3, 0.4) is 0 Å². The molecule has 1 aromatic carbocycles. The van der Waals surface area contributed by atoms with E-state index >= 15 is 0 Å². The summed E-state index contributed by atoms with van der Waals surface area (Å²) in [5.74, 6) is 1.65. The predicted molar refractivity (Wildman–Crippen MR) is 80.4 cm³/mol. The first-order valence-corrected chi connectivity index (χ1v) is 7.74. The molecule has 0 atom stereocenters. The second kappa shape index (κ2) is 8.25. The van der Waals surface area contributed by atoms with Crippen molar-refractivity contribution in [2.45, 2.75) is 11.4 Å². The fourth-order valence-corrected chi connectivity index (χ4v) is 2.30. The van der Waals surface area contributed by atoms with E-state index in [2.05, 4.69) is 14.9 Å². The van der Waals surface area contributed by atoms with E-state index < -0.39 is 12.8 Å². The van der Waals surface area contributed by atoms with E-state index in [-0.39, 0.29) is 23.5 Å². The highest BCUT2D eigenvalue weighted by Crippen LogP contribution is 2.30. The Labute approximate surface area is 140 Å². The number of ether oxygens (including phenoxy) is 3. The average molecular weight is 364 g/mol. The summed E-state index contributed by atoms with van der Waals surface area (Å²) in [5, 5.41) is 7.98. The van der Waals surface area contributed by atoms with Crippen LogP contribution in [0.5, 0.6) is 11.5 Å². The Morgan fingerprint density at radius 1 is 1.08 bits per heavy atom. The molecule has 10 heteroatoms.